The Balaban J connectivity index is 1.60. The van der Waals surface area contributed by atoms with Crippen LogP contribution in [0.4, 0.5) is 4.39 Å². The number of fused-ring (bicyclic) bond motifs is 1. The van der Waals surface area contributed by atoms with Gasteiger partial charge >= 0.3 is 0 Å². The van der Waals surface area contributed by atoms with E-state index in [1.54, 1.807) is 11.3 Å². The van der Waals surface area contributed by atoms with Gasteiger partial charge in [0.2, 0.25) is 0 Å². The summed E-state index contributed by atoms with van der Waals surface area (Å²) in [7, 11) is 0. The van der Waals surface area contributed by atoms with Crippen LogP contribution >= 0.6 is 11.3 Å². The average molecular weight is 399 g/mol. The van der Waals surface area contributed by atoms with Gasteiger partial charge in [-0.3, -0.25) is 9.69 Å². The number of aromatic nitrogens is 2. The zero-order chi connectivity index (χ0) is 19.7. The fourth-order valence-corrected chi connectivity index (χ4v) is 4.56. The van der Waals surface area contributed by atoms with E-state index in [0.29, 0.717) is 17.6 Å². The molecule has 28 heavy (non-hydrogen) atoms. The molecule has 5 nitrogen and oxygen atoms in total. The minimum Gasteiger partial charge on any atom is -0.350 e. The van der Waals surface area contributed by atoms with Gasteiger partial charge in [-0.15, -0.1) is 11.3 Å². The van der Waals surface area contributed by atoms with Crippen molar-refractivity contribution in [2.24, 2.45) is 0 Å². The number of carbonyl (C=O) groups is 1. The van der Waals surface area contributed by atoms with Crippen molar-refractivity contribution >= 4 is 28.3 Å². The monoisotopic (exact) mass is 398 g/mol. The zero-order valence-corrected chi connectivity index (χ0v) is 16.9. The van der Waals surface area contributed by atoms with Gasteiger partial charge in [-0.05, 0) is 57.3 Å². The molecule has 1 N–H and O–H groups in total. The molecule has 0 bridgehead atoms. The molecular weight excluding hydrogens is 375 g/mol. The van der Waals surface area contributed by atoms with Crippen molar-refractivity contribution in [3.05, 3.63) is 57.3 Å². The third-order valence-corrected chi connectivity index (χ3v) is 6.27. The van der Waals surface area contributed by atoms with E-state index in [2.05, 4.69) is 31.6 Å². The van der Waals surface area contributed by atoms with Gasteiger partial charge in [0.25, 0.3) is 5.91 Å². The van der Waals surface area contributed by atoms with Crippen molar-refractivity contribution in [3.8, 4) is 0 Å². The molecule has 2 aromatic heterocycles. The molecule has 3 aromatic rings. The summed E-state index contributed by atoms with van der Waals surface area (Å²) in [6.45, 7) is 6.22. The molecule has 3 heterocycles. The molecule has 0 radical (unpaired) electrons. The highest BCUT2D eigenvalue weighted by Crippen LogP contribution is 2.28. The number of benzene rings is 1. The van der Waals surface area contributed by atoms with E-state index in [4.69, 9.17) is 0 Å². The number of nitrogens with zero attached hydrogens (tertiary/aromatic N) is 3. The number of rotatable bonds is 5. The Labute approximate surface area is 167 Å². The molecule has 1 amide bonds. The standard InChI is InChI=1S/C21H23FN4OS/c1-13-14(2)25-20-16(10-15(22)11-17(20)24-13)21(27)23-12-18(19-6-5-9-28-19)26-7-3-4-8-26/h5-6,9-11,18H,3-4,7-8,12H2,1-2H3,(H,23,27). The highest BCUT2D eigenvalue weighted by atomic mass is 32.1. The second kappa shape index (κ2) is 7.93. The van der Waals surface area contributed by atoms with Crippen LogP contribution in [-0.4, -0.2) is 40.4 Å². The lowest BCUT2D eigenvalue weighted by molar-refractivity contribution is 0.0939. The Morgan fingerprint density at radius 1 is 1.25 bits per heavy atom. The van der Waals surface area contributed by atoms with Crippen LogP contribution in [0.5, 0.6) is 0 Å². The van der Waals surface area contributed by atoms with E-state index in [1.165, 1.54) is 29.9 Å². The van der Waals surface area contributed by atoms with Crippen LogP contribution in [-0.2, 0) is 0 Å². The third kappa shape index (κ3) is 3.77. The average Bonchev–Trinajstić information content (AvgIpc) is 3.37. The summed E-state index contributed by atoms with van der Waals surface area (Å²) in [5, 5.41) is 5.07. The normalized spacial score (nSPS) is 15.8. The number of halogens is 1. The van der Waals surface area contributed by atoms with Gasteiger partial charge in [-0.25, -0.2) is 14.4 Å². The van der Waals surface area contributed by atoms with Gasteiger partial charge < -0.3 is 5.32 Å². The topological polar surface area (TPSA) is 58.1 Å². The molecule has 7 heteroatoms. The summed E-state index contributed by atoms with van der Waals surface area (Å²) in [5.41, 5.74) is 2.55. The first-order valence-electron chi connectivity index (χ1n) is 9.53. The maximum absolute atomic E-state index is 14.1. The van der Waals surface area contributed by atoms with Gasteiger partial charge in [-0.2, -0.15) is 0 Å². The first-order chi connectivity index (χ1) is 13.5. The predicted molar refractivity (Wildman–Crippen MR) is 109 cm³/mol. The molecule has 1 aliphatic rings. The number of nitrogens with one attached hydrogen (secondary N) is 1. The minimum absolute atomic E-state index is 0.140. The molecule has 1 aliphatic heterocycles. The van der Waals surface area contributed by atoms with E-state index in [1.807, 2.05) is 19.9 Å². The summed E-state index contributed by atoms with van der Waals surface area (Å²) in [5.74, 6) is -0.799. The molecule has 0 aliphatic carbocycles. The zero-order valence-electron chi connectivity index (χ0n) is 16.0. The fourth-order valence-electron chi connectivity index (χ4n) is 3.70. The van der Waals surface area contributed by atoms with Crippen molar-refractivity contribution < 1.29 is 9.18 Å². The molecule has 0 spiro atoms. The Hall–Kier alpha value is -2.38. The Bertz CT molecular complexity index is 999. The third-order valence-electron chi connectivity index (χ3n) is 5.30. The van der Waals surface area contributed by atoms with Crippen LogP contribution in [0.25, 0.3) is 11.0 Å². The lowest BCUT2D eigenvalue weighted by atomic mass is 10.1. The summed E-state index contributed by atoms with van der Waals surface area (Å²) in [4.78, 5) is 25.5. The van der Waals surface area contributed by atoms with Gasteiger partial charge in [0, 0.05) is 17.5 Å². The van der Waals surface area contributed by atoms with Crippen molar-refractivity contribution in [3.63, 3.8) is 0 Å². The first-order valence-corrected chi connectivity index (χ1v) is 10.4. The number of aryl methyl sites for hydroxylation is 2. The molecule has 1 saturated heterocycles. The summed E-state index contributed by atoms with van der Waals surface area (Å²) in [6.07, 6.45) is 2.36. The molecule has 0 saturated carbocycles. The van der Waals surface area contributed by atoms with E-state index in [-0.39, 0.29) is 17.5 Å². The van der Waals surface area contributed by atoms with Gasteiger partial charge in [-0.1, -0.05) is 6.07 Å². The summed E-state index contributed by atoms with van der Waals surface area (Å²) >= 11 is 1.70. The van der Waals surface area contributed by atoms with E-state index in [0.717, 1.165) is 24.5 Å². The number of likely N-dealkylation sites (tertiary alicyclic amines) is 1. The lowest BCUT2D eigenvalue weighted by Crippen LogP contribution is -2.36. The van der Waals surface area contributed by atoms with Gasteiger partial charge in [0.05, 0.1) is 28.5 Å². The van der Waals surface area contributed by atoms with Crippen molar-refractivity contribution in [1.29, 1.82) is 0 Å². The van der Waals surface area contributed by atoms with Crippen LogP contribution in [0.2, 0.25) is 0 Å². The molecule has 4 rings (SSSR count). The first kappa shape index (κ1) is 19.0. The Morgan fingerprint density at radius 2 is 2.00 bits per heavy atom. The molecular formula is C21H23FN4OS. The second-order valence-electron chi connectivity index (χ2n) is 7.20. The van der Waals surface area contributed by atoms with E-state index >= 15 is 0 Å². The van der Waals surface area contributed by atoms with Crippen molar-refractivity contribution in [2.45, 2.75) is 32.7 Å². The number of carbonyl (C=O) groups excluding carboxylic acids is 1. The summed E-state index contributed by atoms with van der Waals surface area (Å²) < 4.78 is 14.1. The van der Waals surface area contributed by atoms with Crippen LogP contribution in [0.15, 0.2) is 29.6 Å². The highest BCUT2D eigenvalue weighted by Gasteiger charge is 2.25. The molecule has 146 valence electrons. The lowest BCUT2D eigenvalue weighted by Gasteiger charge is -2.27. The quantitative estimate of drug-likeness (QED) is 0.705. The molecule has 1 aromatic carbocycles. The second-order valence-corrected chi connectivity index (χ2v) is 8.18. The van der Waals surface area contributed by atoms with Crippen LogP contribution in [0.3, 0.4) is 0 Å². The largest absolute Gasteiger partial charge is 0.350 e. The van der Waals surface area contributed by atoms with Crippen molar-refractivity contribution in [1.82, 2.24) is 20.2 Å². The molecule has 1 atom stereocenters. The minimum atomic E-state index is -0.482. The maximum atomic E-state index is 14.1. The molecule has 1 fully saturated rings. The van der Waals surface area contributed by atoms with Gasteiger partial charge in [0.1, 0.15) is 11.3 Å². The number of thiophene rings is 1. The van der Waals surface area contributed by atoms with Gasteiger partial charge in [0.15, 0.2) is 0 Å². The van der Waals surface area contributed by atoms with Crippen LogP contribution in [0, 0.1) is 19.7 Å². The predicted octanol–water partition coefficient (Wildman–Crippen LogP) is 4.01. The number of hydrogen-bond acceptors (Lipinski definition) is 5. The molecule has 1 unspecified atom stereocenters. The number of amides is 1. The van der Waals surface area contributed by atoms with E-state index < -0.39 is 5.82 Å². The highest BCUT2D eigenvalue weighted by molar-refractivity contribution is 7.10. The Morgan fingerprint density at radius 3 is 2.71 bits per heavy atom. The fraction of sp³-hybridized carbons (Fsp3) is 0.381. The number of hydrogen-bond donors (Lipinski definition) is 1. The van der Waals surface area contributed by atoms with Crippen LogP contribution < -0.4 is 5.32 Å². The van der Waals surface area contributed by atoms with Crippen molar-refractivity contribution in [2.75, 3.05) is 19.6 Å². The van der Waals surface area contributed by atoms with E-state index in [9.17, 15) is 9.18 Å². The smallest absolute Gasteiger partial charge is 0.253 e. The van der Waals surface area contributed by atoms with Crippen LogP contribution in [0.1, 0.15) is 45.5 Å². The summed E-state index contributed by atoms with van der Waals surface area (Å²) in [6, 6.07) is 6.85. The maximum Gasteiger partial charge on any atom is 0.253 e. The Kier molecular flexibility index (Phi) is 5.37. The SMILES string of the molecule is Cc1nc2cc(F)cc(C(=O)NCC(c3cccs3)N3CCCC3)c2nc1C.